The number of hydrogen-bond donors (Lipinski definition) is 3. The van der Waals surface area contributed by atoms with Gasteiger partial charge in [-0.3, -0.25) is 9.59 Å². The van der Waals surface area contributed by atoms with Crippen molar-refractivity contribution in [1.29, 1.82) is 0 Å². The van der Waals surface area contributed by atoms with E-state index in [4.69, 9.17) is 4.42 Å². The lowest BCUT2D eigenvalue weighted by Gasteiger charge is -2.14. The quantitative estimate of drug-likeness (QED) is 0.437. The Hall–Kier alpha value is -4.58. The molecule has 0 spiro atoms. The minimum atomic E-state index is -0.792. The van der Waals surface area contributed by atoms with Gasteiger partial charge < -0.3 is 19.7 Å². The van der Waals surface area contributed by atoms with Crippen molar-refractivity contribution >= 4 is 22.7 Å². The molecule has 6 nitrogen and oxygen atoms in total. The molecule has 0 atom stereocenters. The summed E-state index contributed by atoms with van der Waals surface area (Å²) in [4.78, 5) is 26.6. The van der Waals surface area contributed by atoms with Gasteiger partial charge in [0.1, 0.15) is 11.5 Å². The number of carbonyl (C=O) groups is 2. The van der Waals surface area contributed by atoms with E-state index in [1.165, 1.54) is 48.5 Å². The lowest BCUT2D eigenvalue weighted by molar-refractivity contribution is -0.130. The molecule has 0 saturated heterocycles. The molecule has 0 amide bonds. The maximum absolute atomic E-state index is 13.4. The van der Waals surface area contributed by atoms with Crippen LogP contribution in [-0.4, -0.2) is 26.9 Å². The Morgan fingerprint density at radius 2 is 1.06 bits per heavy atom. The first-order chi connectivity index (χ1) is 15.5. The van der Waals surface area contributed by atoms with Crippen LogP contribution in [0.1, 0.15) is 11.1 Å². The molecular formula is C26H16O6. The number of benzene rings is 3. The van der Waals surface area contributed by atoms with Crippen molar-refractivity contribution < 1.29 is 29.3 Å². The third kappa shape index (κ3) is 2.97. The summed E-state index contributed by atoms with van der Waals surface area (Å²) in [6, 6.07) is 20.6. The van der Waals surface area contributed by atoms with Gasteiger partial charge in [-0.1, -0.05) is 54.6 Å². The second-order valence-electron chi connectivity index (χ2n) is 7.35. The SMILES string of the molecule is O=C1C(=O)C(c2ccc(O)cc2)=c2c(-c3ccccc3)c(O)oc2=C1c1ccc(O)cc1. The monoisotopic (exact) mass is 424 g/mol. The van der Waals surface area contributed by atoms with Crippen LogP contribution in [-0.2, 0) is 9.59 Å². The maximum atomic E-state index is 13.4. The largest absolute Gasteiger partial charge is 0.508 e. The fourth-order valence-electron chi connectivity index (χ4n) is 3.94. The second-order valence-corrected chi connectivity index (χ2v) is 7.35. The number of aromatic hydroxyl groups is 3. The summed E-state index contributed by atoms with van der Waals surface area (Å²) >= 11 is 0. The van der Waals surface area contributed by atoms with Gasteiger partial charge in [-0.25, -0.2) is 0 Å². The standard InChI is InChI=1S/C26H16O6/c27-17-10-6-15(7-11-17)19-22-20(14-4-2-1-3-5-14)26(31)32-25(22)21(24(30)23(19)29)16-8-12-18(28)13-9-16/h1-13,27-28,31H. The normalized spacial score (nSPS) is 13.4. The summed E-state index contributed by atoms with van der Waals surface area (Å²) in [5.41, 5.74) is 1.84. The van der Waals surface area contributed by atoms with Crippen LogP contribution in [0.3, 0.4) is 0 Å². The average molecular weight is 424 g/mol. The zero-order valence-electron chi connectivity index (χ0n) is 16.6. The minimum Gasteiger partial charge on any atom is -0.508 e. The van der Waals surface area contributed by atoms with Gasteiger partial charge in [-0.05, 0) is 41.0 Å². The zero-order valence-corrected chi connectivity index (χ0v) is 16.6. The van der Waals surface area contributed by atoms with E-state index in [9.17, 15) is 24.9 Å². The molecule has 1 aliphatic rings. The van der Waals surface area contributed by atoms with E-state index in [0.29, 0.717) is 27.5 Å². The highest BCUT2D eigenvalue weighted by Crippen LogP contribution is 2.30. The maximum Gasteiger partial charge on any atom is 0.291 e. The summed E-state index contributed by atoms with van der Waals surface area (Å²) in [5.74, 6) is -1.95. The summed E-state index contributed by atoms with van der Waals surface area (Å²) in [7, 11) is 0. The molecule has 1 heterocycles. The number of phenols is 2. The molecule has 6 heteroatoms. The van der Waals surface area contributed by atoms with Gasteiger partial charge >= 0.3 is 0 Å². The molecule has 0 radical (unpaired) electrons. The second kappa shape index (κ2) is 7.28. The smallest absolute Gasteiger partial charge is 0.291 e. The summed E-state index contributed by atoms with van der Waals surface area (Å²) in [6.45, 7) is 0. The van der Waals surface area contributed by atoms with Crippen molar-refractivity contribution in [2.45, 2.75) is 0 Å². The van der Waals surface area contributed by atoms with Crippen molar-refractivity contribution in [3.63, 3.8) is 0 Å². The summed E-state index contributed by atoms with van der Waals surface area (Å²) < 4.78 is 5.70. The van der Waals surface area contributed by atoms with E-state index in [1.54, 1.807) is 24.3 Å². The summed E-state index contributed by atoms with van der Waals surface area (Å²) in [6.07, 6.45) is 0. The predicted molar refractivity (Wildman–Crippen MR) is 116 cm³/mol. The molecule has 0 fully saturated rings. The van der Waals surface area contributed by atoms with Crippen molar-refractivity contribution in [1.82, 2.24) is 0 Å². The topological polar surface area (TPSA) is 108 Å². The van der Waals surface area contributed by atoms with Gasteiger partial charge in [0.25, 0.3) is 5.95 Å². The number of Topliss-reactive ketones (excluding diaryl/α,β-unsaturated/α-hetero) is 2. The molecular weight excluding hydrogens is 408 g/mol. The first kappa shape index (κ1) is 19.4. The molecule has 1 aliphatic carbocycles. The number of furan rings is 1. The lowest BCUT2D eigenvalue weighted by atomic mass is 9.85. The van der Waals surface area contributed by atoms with Crippen molar-refractivity contribution in [2.24, 2.45) is 0 Å². The van der Waals surface area contributed by atoms with Crippen LogP contribution in [0, 0.1) is 0 Å². The van der Waals surface area contributed by atoms with E-state index < -0.39 is 17.5 Å². The van der Waals surface area contributed by atoms with Gasteiger partial charge in [-0.2, -0.15) is 0 Å². The molecule has 5 rings (SSSR count). The fraction of sp³-hybridized carbons (Fsp3) is 0. The predicted octanol–water partition coefficient (Wildman–Crippen LogP) is 2.61. The van der Waals surface area contributed by atoms with Crippen LogP contribution >= 0.6 is 0 Å². The molecule has 32 heavy (non-hydrogen) atoms. The number of phenolic OH excluding ortho intramolecular Hbond substituents is 2. The first-order valence-corrected chi connectivity index (χ1v) is 9.79. The van der Waals surface area contributed by atoms with E-state index in [0.717, 1.165) is 0 Å². The Bertz CT molecular complexity index is 1490. The van der Waals surface area contributed by atoms with Crippen LogP contribution in [0.4, 0.5) is 0 Å². The molecule has 1 aromatic heterocycles. The van der Waals surface area contributed by atoms with Crippen LogP contribution in [0.25, 0.3) is 22.3 Å². The van der Waals surface area contributed by atoms with Gasteiger partial charge in [0.2, 0.25) is 11.6 Å². The first-order valence-electron chi connectivity index (χ1n) is 9.79. The Balaban J connectivity index is 1.99. The van der Waals surface area contributed by atoms with Crippen LogP contribution in [0.15, 0.2) is 83.3 Å². The molecule has 4 aromatic rings. The molecule has 0 bridgehead atoms. The van der Waals surface area contributed by atoms with Gasteiger partial charge in [0.15, 0.2) is 5.42 Å². The van der Waals surface area contributed by atoms with Crippen LogP contribution in [0.2, 0.25) is 0 Å². The van der Waals surface area contributed by atoms with Gasteiger partial charge in [0.05, 0.1) is 11.1 Å². The molecule has 0 unspecified atom stereocenters. The number of hydrogen-bond acceptors (Lipinski definition) is 6. The third-order valence-corrected chi connectivity index (χ3v) is 5.40. The third-order valence-electron chi connectivity index (χ3n) is 5.40. The van der Waals surface area contributed by atoms with E-state index in [-0.39, 0.29) is 28.1 Å². The van der Waals surface area contributed by atoms with Crippen LogP contribution < -0.4 is 10.6 Å². The molecule has 0 aliphatic heterocycles. The van der Waals surface area contributed by atoms with E-state index in [1.807, 2.05) is 6.07 Å². The number of fused-ring (bicyclic) bond motifs is 1. The number of rotatable bonds is 3. The highest BCUT2D eigenvalue weighted by molar-refractivity contribution is 6.65. The fourth-order valence-corrected chi connectivity index (χ4v) is 3.94. The highest BCUT2D eigenvalue weighted by Gasteiger charge is 2.34. The van der Waals surface area contributed by atoms with E-state index >= 15 is 0 Å². The average Bonchev–Trinajstić information content (AvgIpc) is 3.13. The molecule has 3 aromatic carbocycles. The van der Waals surface area contributed by atoms with Gasteiger partial charge in [0, 0.05) is 10.8 Å². The Labute approximate surface area is 181 Å². The van der Waals surface area contributed by atoms with E-state index in [2.05, 4.69) is 0 Å². The molecule has 3 N–H and O–H groups in total. The Morgan fingerprint density at radius 1 is 0.562 bits per heavy atom. The number of ketones is 2. The molecule has 0 saturated carbocycles. The molecule has 156 valence electrons. The highest BCUT2D eigenvalue weighted by atomic mass is 16.5. The van der Waals surface area contributed by atoms with Crippen molar-refractivity contribution in [3.8, 4) is 28.6 Å². The minimum absolute atomic E-state index is 0.00464. The van der Waals surface area contributed by atoms with Crippen LogP contribution in [0.5, 0.6) is 17.4 Å². The zero-order chi connectivity index (χ0) is 22.4. The lowest BCUT2D eigenvalue weighted by Crippen LogP contribution is -2.40. The number of carbonyl (C=O) groups excluding carboxylic acids is 2. The summed E-state index contributed by atoms with van der Waals surface area (Å²) in [5, 5.41) is 30.4. The Kier molecular flexibility index (Phi) is 4.41. The van der Waals surface area contributed by atoms with Crippen molar-refractivity contribution in [3.05, 3.63) is 101 Å². The Morgan fingerprint density at radius 3 is 1.62 bits per heavy atom. The van der Waals surface area contributed by atoms with Gasteiger partial charge in [-0.15, -0.1) is 0 Å². The van der Waals surface area contributed by atoms with Crippen molar-refractivity contribution in [2.75, 3.05) is 0 Å².